The molecular weight excluding hydrogens is 236 g/mol. The Morgan fingerprint density at radius 2 is 2.05 bits per heavy atom. The summed E-state index contributed by atoms with van der Waals surface area (Å²) in [4.78, 5) is 14.9. The Hall–Kier alpha value is -1.61. The molecule has 0 fully saturated rings. The molecular formula is C16H18N2O. The molecule has 3 heteroatoms. The topological polar surface area (TPSA) is 25.2 Å². The van der Waals surface area contributed by atoms with Gasteiger partial charge in [0.1, 0.15) is 0 Å². The number of para-hydroxylation sites is 1. The quantitative estimate of drug-likeness (QED) is 0.722. The highest BCUT2D eigenvalue weighted by Gasteiger charge is 2.34. The summed E-state index contributed by atoms with van der Waals surface area (Å²) in [5, 5.41) is 1.28. The predicted molar refractivity (Wildman–Crippen MR) is 75.5 cm³/mol. The smallest absolute Gasteiger partial charge is 0.231 e. The van der Waals surface area contributed by atoms with Gasteiger partial charge in [0.25, 0.3) is 0 Å². The van der Waals surface area contributed by atoms with E-state index in [2.05, 4.69) is 30.1 Å². The van der Waals surface area contributed by atoms with E-state index in [1.807, 2.05) is 10.6 Å². The van der Waals surface area contributed by atoms with Gasteiger partial charge >= 0.3 is 0 Å². The first-order chi connectivity index (χ1) is 9.27. The lowest BCUT2D eigenvalue weighted by molar-refractivity contribution is 0.0907. The maximum atomic E-state index is 12.5. The number of nitrogens with zero attached hydrogens (tertiary/aromatic N) is 2. The van der Waals surface area contributed by atoms with Gasteiger partial charge in [-0.05, 0) is 37.9 Å². The average molecular weight is 254 g/mol. The highest BCUT2D eigenvalue weighted by molar-refractivity contribution is 5.96. The third kappa shape index (κ3) is 1.45. The molecule has 2 aromatic rings. The van der Waals surface area contributed by atoms with Crippen LogP contribution in [0.2, 0.25) is 0 Å². The zero-order valence-corrected chi connectivity index (χ0v) is 11.2. The van der Waals surface area contributed by atoms with Crippen molar-refractivity contribution in [1.82, 2.24) is 9.47 Å². The van der Waals surface area contributed by atoms with E-state index >= 15 is 0 Å². The first-order valence-corrected chi connectivity index (χ1v) is 7.13. The normalized spacial score (nSPS) is 23.4. The zero-order chi connectivity index (χ0) is 13.0. The number of aromatic nitrogens is 1. The summed E-state index contributed by atoms with van der Waals surface area (Å²) in [6.07, 6.45) is 3.84. The molecule has 0 saturated heterocycles. The zero-order valence-electron chi connectivity index (χ0n) is 11.2. The van der Waals surface area contributed by atoms with Crippen molar-refractivity contribution < 1.29 is 4.79 Å². The first-order valence-electron chi connectivity index (χ1n) is 7.13. The highest BCUT2D eigenvalue weighted by atomic mass is 16.2. The summed E-state index contributed by atoms with van der Waals surface area (Å²) in [6, 6.07) is 8.79. The van der Waals surface area contributed by atoms with Crippen LogP contribution in [0.1, 0.15) is 41.4 Å². The van der Waals surface area contributed by atoms with Crippen molar-refractivity contribution in [1.29, 1.82) is 0 Å². The first kappa shape index (κ1) is 11.2. The van der Waals surface area contributed by atoms with Crippen LogP contribution in [0, 0.1) is 0 Å². The molecule has 1 unspecified atom stereocenters. The molecule has 1 atom stereocenters. The molecule has 98 valence electrons. The van der Waals surface area contributed by atoms with Crippen molar-refractivity contribution in [3.8, 4) is 0 Å². The van der Waals surface area contributed by atoms with E-state index in [0.29, 0.717) is 12.5 Å². The van der Waals surface area contributed by atoms with Crippen LogP contribution in [-0.2, 0) is 6.42 Å². The van der Waals surface area contributed by atoms with Crippen LogP contribution >= 0.6 is 0 Å². The molecule has 4 rings (SSSR count). The van der Waals surface area contributed by atoms with E-state index in [-0.39, 0.29) is 5.91 Å². The van der Waals surface area contributed by atoms with Crippen LogP contribution in [0.4, 0.5) is 0 Å². The lowest BCUT2D eigenvalue weighted by Crippen LogP contribution is -2.33. The van der Waals surface area contributed by atoms with Crippen molar-refractivity contribution >= 4 is 16.8 Å². The Kier molecular flexibility index (Phi) is 2.33. The second-order valence-corrected chi connectivity index (χ2v) is 5.75. The van der Waals surface area contributed by atoms with Crippen molar-refractivity contribution in [3.63, 3.8) is 0 Å². The van der Waals surface area contributed by atoms with E-state index in [1.165, 1.54) is 16.6 Å². The lowest BCUT2D eigenvalue weighted by atomic mass is 9.95. The van der Waals surface area contributed by atoms with Crippen LogP contribution in [0.5, 0.6) is 0 Å². The number of benzene rings is 1. The predicted octanol–water partition coefficient (Wildman–Crippen LogP) is 2.99. The SMILES string of the molecule is CN1CCc2c3n(c4ccccc24)C(=O)CCCC31. The Morgan fingerprint density at radius 1 is 1.21 bits per heavy atom. The van der Waals surface area contributed by atoms with E-state index < -0.39 is 0 Å². The number of fused-ring (bicyclic) bond motifs is 3. The molecule has 0 radical (unpaired) electrons. The molecule has 19 heavy (non-hydrogen) atoms. The number of carbonyl (C=O) groups excluding carboxylic acids is 1. The van der Waals surface area contributed by atoms with Crippen molar-refractivity contribution in [2.75, 3.05) is 13.6 Å². The van der Waals surface area contributed by atoms with Crippen molar-refractivity contribution in [2.45, 2.75) is 31.7 Å². The fourth-order valence-corrected chi connectivity index (χ4v) is 3.78. The van der Waals surface area contributed by atoms with Crippen molar-refractivity contribution in [2.24, 2.45) is 0 Å². The van der Waals surface area contributed by atoms with Gasteiger partial charge in [-0.25, -0.2) is 0 Å². The third-order valence-corrected chi connectivity index (χ3v) is 4.70. The van der Waals surface area contributed by atoms with Gasteiger partial charge in [0.05, 0.1) is 11.6 Å². The Morgan fingerprint density at radius 3 is 2.95 bits per heavy atom. The molecule has 0 aliphatic carbocycles. The van der Waals surface area contributed by atoms with Gasteiger partial charge in [-0.15, -0.1) is 0 Å². The molecule has 3 heterocycles. The molecule has 0 N–H and O–H groups in total. The third-order valence-electron chi connectivity index (χ3n) is 4.70. The Balaban J connectivity index is 2.11. The van der Waals surface area contributed by atoms with Gasteiger partial charge in [0, 0.05) is 24.0 Å². The average Bonchev–Trinajstić information content (AvgIpc) is 2.65. The molecule has 2 aliphatic heterocycles. The van der Waals surface area contributed by atoms with Gasteiger partial charge in [0.15, 0.2) is 0 Å². The molecule has 0 amide bonds. The van der Waals surface area contributed by atoms with Gasteiger partial charge in [-0.1, -0.05) is 18.2 Å². The number of likely N-dealkylation sites (N-methyl/N-ethyl adjacent to an activating group) is 1. The number of carbonyl (C=O) groups is 1. The minimum absolute atomic E-state index is 0.273. The lowest BCUT2D eigenvalue weighted by Gasteiger charge is -2.32. The molecule has 0 saturated carbocycles. The minimum atomic E-state index is 0.273. The van der Waals surface area contributed by atoms with Crippen LogP contribution in [0.15, 0.2) is 24.3 Å². The molecule has 3 nitrogen and oxygen atoms in total. The largest absolute Gasteiger partial charge is 0.298 e. The Labute approximate surface area is 112 Å². The molecule has 1 aromatic heterocycles. The van der Waals surface area contributed by atoms with Crippen molar-refractivity contribution in [3.05, 3.63) is 35.5 Å². The van der Waals surface area contributed by atoms with Crippen LogP contribution in [-0.4, -0.2) is 29.0 Å². The second kappa shape index (κ2) is 3.94. The summed E-state index contributed by atoms with van der Waals surface area (Å²) in [5.74, 6) is 0.273. The number of hydrogen-bond acceptors (Lipinski definition) is 2. The summed E-state index contributed by atoms with van der Waals surface area (Å²) < 4.78 is 2.01. The maximum absolute atomic E-state index is 12.5. The van der Waals surface area contributed by atoms with Gasteiger partial charge in [-0.3, -0.25) is 14.3 Å². The molecule has 0 spiro atoms. The Bertz CT molecular complexity index is 671. The van der Waals surface area contributed by atoms with E-state index in [1.54, 1.807) is 0 Å². The van der Waals surface area contributed by atoms with Gasteiger partial charge < -0.3 is 0 Å². The summed E-state index contributed by atoms with van der Waals surface area (Å²) in [7, 11) is 2.19. The maximum Gasteiger partial charge on any atom is 0.231 e. The monoisotopic (exact) mass is 254 g/mol. The number of hydrogen-bond donors (Lipinski definition) is 0. The van der Waals surface area contributed by atoms with E-state index in [4.69, 9.17) is 0 Å². The second-order valence-electron chi connectivity index (χ2n) is 5.75. The fourth-order valence-electron chi connectivity index (χ4n) is 3.78. The molecule has 2 aliphatic rings. The number of rotatable bonds is 0. The summed E-state index contributed by atoms with van der Waals surface area (Å²) in [5.41, 5.74) is 3.80. The van der Waals surface area contributed by atoms with Gasteiger partial charge in [0.2, 0.25) is 5.91 Å². The minimum Gasteiger partial charge on any atom is -0.298 e. The van der Waals surface area contributed by atoms with Gasteiger partial charge in [-0.2, -0.15) is 0 Å². The van der Waals surface area contributed by atoms with E-state index in [9.17, 15) is 4.79 Å². The standard InChI is InChI=1S/C16H18N2O/c1-17-10-9-12-11-5-2-3-6-13(11)18-15(19)8-4-7-14(17)16(12)18/h2-3,5-6,14H,4,7-10H2,1H3. The fraction of sp³-hybridized carbons (Fsp3) is 0.438. The molecule has 0 bridgehead atoms. The summed E-state index contributed by atoms with van der Waals surface area (Å²) >= 11 is 0. The van der Waals surface area contributed by atoms with Crippen LogP contribution < -0.4 is 0 Å². The summed E-state index contributed by atoms with van der Waals surface area (Å²) in [6.45, 7) is 1.10. The molecule has 1 aromatic carbocycles. The highest BCUT2D eigenvalue weighted by Crippen LogP contribution is 2.40. The van der Waals surface area contributed by atoms with E-state index in [0.717, 1.165) is 31.3 Å². The van der Waals surface area contributed by atoms with Crippen LogP contribution in [0.3, 0.4) is 0 Å². The van der Waals surface area contributed by atoms with Crippen LogP contribution in [0.25, 0.3) is 10.9 Å².